The van der Waals surface area contributed by atoms with Crippen molar-refractivity contribution < 1.29 is 4.79 Å². The lowest BCUT2D eigenvalue weighted by molar-refractivity contribution is -0.121. The Balaban J connectivity index is 1.74. The van der Waals surface area contributed by atoms with Crippen molar-refractivity contribution in [2.75, 3.05) is 27.2 Å². The molecule has 0 spiro atoms. The summed E-state index contributed by atoms with van der Waals surface area (Å²) in [5.41, 5.74) is 3.01. The molecule has 0 unspecified atom stereocenters. The predicted octanol–water partition coefficient (Wildman–Crippen LogP) is 2.30. The highest BCUT2D eigenvalue weighted by molar-refractivity contribution is 5.87. The number of hydrogen-bond acceptors (Lipinski definition) is 4. The minimum atomic E-state index is 0.0827. The van der Waals surface area contributed by atoms with E-state index in [0.717, 1.165) is 41.1 Å². The van der Waals surface area contributed by atoms with Crippen LogP contribution in [0, 0.1) is 13.8 Å². The predicted molar refractivity (Wildman–Crippen MR) is 107 cm³/mol. The molecule has 0 aliphatic heterocycles. The van der Waals surface area contributed by atoms with Gasteiger partial charge in [0.15, 0.2) is 11.5 Å². The Kier molecular flexibility index (Phi) is 5.91. The van der Waals surface area contributed by atoms with Crippen LogP contribution in [-0.2, 0) is 11.3 Å². The van der Waals surface area contributed by atoms with E-state index in [1.807, 2.05) is 54.8 Å². The third-order valence-corrected chi connectivity index (χ3v) is 4.51. The molecule has 7 nitrogen and oxygen atoms in total. The number of rotatable bonds is 8. The molecule has 0 aromatic carbocycles. The van der Waals surface area contributed by atoms with Crippen molar-refractivity contribution in [1.29, 1.82) is 0 Å². The number of pyridine rings is 1. The van der Waals surface area contributed by atoms with Gasteiger partial charge in [-0.1, -0.05) is 0 Å². The molecule has 3 heterocycles. The molecule has 0 aliphatic rings. The fourth-order valence-corrected chi connectivity index (χ4v) is 3.20. The molecule has 0 radical (unpaired) electrons. The molecule has 3 aromatic heterocycles. The first-order valence-electron chi connectivity index (χ1n) is 9.35. The van der Waals surface area contributed by atoms with Crippen molar-refractivity contribution in [3.63, 3.8) is 0 Å². The Morgan fingerprint density at radius 3 is 2.67 bits per heavy atom. The summed E-state index contributed by atoms with van der Waals surface area (Å²) in [6.07, 6.45) is 5.19. The van der Waals surface area contributed by atoms with Gasteiger partial charge in [-0.05, 0) is 58.1 Å². The summed E-state index contributed by atoms with van der Waals surface area (Å²) in [6, 6.07) is 6.05. The minimum absolute atomic E-state index is 0.0827. The Labute approximate surface area is 160 Å². The molecule has 1 amide bonds. The van der Waals surface area contributed by atoms with E-state index in [1.165, 1.54) is 0 Å². The number of amides is 1. The first-order chi connectivity index (χ1) is 13.0. The highest BCUT2D eigenvalue weighted by atomic mass is 16.1. The SMILES string of the molecule is Cc1cc(C)c2c(-n3cccc3)nn(CCCC(=O)NCCN(C)C)c2n1. The zero-order valence-corrected chi connectivity index (χ0v) is 16.6. The third-order valence-electron chi connectivity index (χ3n) is 4.51. The molecule has 0 fully saturated rings. The van der Waals surface area contributed by atoms with Crippen LogP contribution in [-0.4, -0.2) is 57.3 Å². The summed E-state index contributed by atoms with van der Waals surface area (Å²) >= 11 is 0. The van der Waals surface area contributed by atoms with Gasteiger partial charge >= 0.3 is 0 Å². The molecule has 144 valence electrons. The number of carbonyl (C=O) groups excluding carboxylic acids is 1. The molecular weight excluding hydrogens is 340 g/mol. The number of aryl methyl sites for hydroxylation is 3. The molecule has 3 rings (SSSR count). The Morgan fingerprint density at radius 2 is 1.96 bits per heavy atom. The van der Waals surface area contributed by atoms with E-state index < -0.39 is 0 Å². The second-order valence-corrected chi connectivity index (χ2v) is 7.17. The van der Waals surface area contributed by atoms with E-state index >= 15 is 0 Å². The smallest absolute Gasteiger partial charge is 0.220 e. The second-order valence-electron chi connectivity index (χ2n) is 7.17. The van der Waals surface area contributed by atoms with Crippen molar-refractivity contribution in [3.05, 3.63) is 41.9 Å². The molecule has 0 bridgehead atoms. The van der Waals surface area contributed by atoms with Crippen molar-refractivity contribution in [2.24, 2.45) is 0 Å². The summed E-state index contributed by atoms with van der Waals surface area (Å²) in [6.45, 7) is 6.27. The van der Waals surface area contributed by atoms with Crippen LogP contribution in [0.5, 0.6) is 0 Å². The van der Waals surface area contributed by atoms with Gasteiger partial charge in [0.2, 0.25) is 5.91 Å². The average Bonchev–Trinajstić information content (AvgIpc) is 3.22. The number of likely N-dealkylation sites (N-methyl/N-ethyl adjacent to an activating group) is 1. The Hall–Kier alpha value is -2.67. The van der Waals surface area contributed by atoms with Crippen LogP contribution >= 0.6 is 0 Å². The molecular formula is C20H28N6O. The monoisotopic (exact) mass is 368 g/mol. The quantitative estimate of drug-likeness (QED) is 0.662. The van der Waals surface area contributed by atoms with Crippen LogP contribution in [0.3, 0.4) is 0 Å². The van der Waals surface area contributed by atoms with E-state index in [-0.39, 0.29) is 5.91 Å². The fraction of sp³-hybridized carbons (Fsp3) is 0.450. The van der Waals surface area contributed by atoms with E-state index in [2.05, 4.69) is 23.2 Å². The van der Waals surface area contributed by atoms with Gasteiger partial charge < -0.3 is 14.8 Å². The minimum Gasteiger partial charge on any atom is -0.355 e. The summed E-state index contributed by atoms with van der Waals surface area (Å²) in [5, 5.41) is 8.81. The molecule has 1 N–H and O–H groups in total. The maximum absolute atomic E-state index is 12.0. The largest absolute Gasteiger partial charge is 0.355 e. The average molecular weight is 368 g/mol. The zero-order valence-electron chi connectivity index (χ0n) is 16.6. The number of fused-ring (bicyclic) bond motifs is 1. The normalized spacial score (nSPS) is 11.4. The van der Waals surface area contributed by atoms with Gasteiger partial charge in [0.1, 0.15) is 0 Å². The second kappa shape index (κ2) is 8.35. The molecule has 0 saturated heterocycles. The van der Waals surface area contributed by atoms with Crippen LogP contribution in [0.15, 0.2) is 30.6 Å². The van der Waals surface area contributed by atoms with Crippen LogP contribution in [0.25, 0.3) is 16.9 Å². The van der Waals surface area contributed by atoms with Crippen molar-refractivity contribution >= 4 is 16.9 Å². The molecule has 0 aliphatic carbocycles. The number of carbonyl (C=O) groups is 1. The lowest BCUT2D eigenvalue weighted by Gasteiger charge is -2.10. The summed E-state index contributed by atoms with van der Waals surface area (Å²) in [5.74, 6) is 0.967. The maximum atomic E-state index is 12.0. The molecule has 7 heteroatoms. The highest BCUT2D eigenvalue weighted by Gasteiger charge is 2.16. The molecule has 27 heavy (non-hydrogen) atoms. The van der Waals surface area contributed by atoms with Gasteiger partial charge in [-0.3, -0.25) is 4.79 Å². The van der Waals surface area contributed by atoms with Crippen LogP contribution in [0.2, 0.25) is 0 Å². The van der Waals surface area contributed by atoms with Crippen LogP contribution in [0.1, 0.15) is 24.1 Å². The first kappa shape index (κ1) is 19.1. The topological polar surface area (TPSA) is 68.0 Å². The molecule has 3 aromatic rings. The van der Waals surface area contributed by atoms with E-state index in [1.54, 1.807) is 0 Å². The van der Waals surface area contributed by atoms with Gasteiger partial charge in [0.05, 0.1) is 5.39 Å². The summed E-state index contributed by atoms with van der Waals surface area (Å²) < 4.78 is 3.94. The van der Waals surface area contributed by atoms with Crippen molar-refractivity contribution in [3.8, 4) is 5.82 Å². The Morgan fingerprint density at radius 1 is 1.22 bits per heavy atom. The van der Waals surface area contributed by atoms with Crippen LogP contribution in [0.4, 0.5) is 0 Å². The van der Waals surface area contributed by atoms with E-state index in [0.29, 0.717) is 19.5 Å². The van der Waals surface area contributed by atoms with Crippen molar-refractivity contribution in [1.82, 2.24) is 29.5 Å². The number of nitrogens with zero attached hydrogens (tertiary/aromatic N) is 5. The molecule has 0 atom stereocenters. The zero-order chi connectivity index (χ0) is 19.4. The van der Waals surface area contributed by atoms with E-state index in [4.69, 9.17) is 10.1 Å². The van der Waals surface area contributed by atoms with Crippen LogP contribution < -0.4 is 5.32 Å². The van der Waals surface area contributed by atoms with Crippen molar-refractivity contribution in [2.45, 2.75) is 33.2 Å². The van der Waals surface area contributed by atoms with Gasteiger partial charge in [-0.25, -0.2) is 9.67 Å². The third kappa shape index (κ3) is 4.54. The number of hydrogen-bond donors (Lipinski definition) is 1. The molecule has 0 saturated carbocycles. The number of nitrogens with one attached hydrogen (secondary N) is 1. The first-order valence-corrected chi connectivity index (χ1v) is 9.35. The summed E-state index contributed by atoms with van der Waals surface area (Å²) in [4.78, 5) is 18.8. The van der Waals surface area contributed by atoms with Gasteiger partial charge in [0.25, 0.3) is 0 Å². The maximum Gasteiger partial charge on any atom is 0.220 e. The fourth-order valence-electron chi connectivity index (χ4n) is 3.20. The van der Waals surface area contributed by atoms with E-state index in [9.17, 15) is 4.79 Å². The standard InChI is InChI=1S/C20H28N6O/c1-15-14-16(2)22-19-18(15)20(25-10-5-6-11-25)23-26(19)12-7-8-17(27)21-9-13-24(3)4/h5-6,10-11,14H,7-9,12-13H2,1-4H3,(H,21,27). The van der Waals surface area contributed by atoms with Gasteiger partial charge in [-0.15, -0.1) is 0 Å². The van der Waals surface area contributed by atoms with Gasteiger partial charge in [-0.2, -0.15) is 5.10 Å². The summed E-state index contributed by atoms with van der Waals surface area (Å²) in [7, 11) is 3.99. The lowest BCUT2D eigenvalue weighted by atomic mass is 10.2. The lowest BCUT2D eigenvalue weighted by Crippen LogP contribution is -2.31. The number of aromatic nitrogens is 4. The highest BCUT2D eigenvalue weighted by Crippen LogP contribution is 2.25. The Bertz CT molecular complexity index is 910. The van der Waals surface area contributed by atoms with Gasteiger partial charge in [0, 0.05) is 44.1 Å².